The number of hydrazine groups is 1. The summed E-state index contributed by atoms with van der Waals surface area (Å²) in [5.41, 5.74) is 6.15. The van der Waals surface area contributed by atoms with E-state index < -0.39 is 260 Å². The van der Waals surface area contributed by atoms with Crippen LogP contribution in [0.1, 0.15) is 111 Å². The highest BCUT2D eigenvalue weighted by atomic mass is 35.5. The Labute approximate surface area is 742 Å². The first-order valence-corrected chi connectivity index (χ1v) is 41.2. The number of anilines is 1. The summed E-state index contributed by atoms with van der Waals surface area (Å²) in [7, 11) is 1.46. The topological polar surface area (TPSA) is 605 Å². The van der Waals surface area contributed by atoms with Crippen molar-refractivity contribution in [2.24, 2.45) is 11.7 Å². The normalized spacial score (nSPS) is 25.8. The number of carbonyl (C=O) groups excluding carboxylic acids is 9. The van der Waals surface area contributed by atoms with Crippen molar-refractivity contribution in [3.63, 3.8) is 0 Å². The Bertz CT molecular complexity index is 5460. The number of nitrogens with two attached hydrogens (primary N) is 1. The maximum atomic E-state index is 16.3. The predicted molar refractivity (Wildman–Crippen MR) is 451 cm³/mol. The van der Waals surface area contributed by atoms with E-state index in [1.165, 1.54) is 55.1 Å². The monoisotopic (exact) mass is 1840 g/mol. The van der Waals surface area contributed by atoms with E-state index in [0.717, 1.165) is 66.7 Å². The van der Waals surface area contributed by atoms with Gasteiger partial charge >= 0.3 is 5.69 Å². The van der Waals surface area contributed by atoms with Crippen LogP contribution in [0.25, 0.3) is 17.2 Å². The van der Waals surface area contributed by atoms with E-state index in [2.05, 4.69) is 63.7 Å². The number of benzene rings is 6. The molecule has 678 valence electrons. The van der Waals surface area contributed by atoms with Gasteiger partial charge in [0.2, 0.25) is 59.3 Å². The van der Waals surface area contributed by atoms with Gasteiger partial charge in [-0.2, -0.15) is 4.98 Å². The fraction of sp³-hybridized carbons (Fsp3) is 0.386. The molecule has 2 fully saturated rings. The molecule has 0 spiro atoms. The Kier molecular flexibility index (Phi) is 30.4. The van der Waals surface area contributed by atoms with Crippen molar-refractivity contribution in [1.82, 2.24) is 62.9 Å². The molecule has 23 N–H and O–H groups in total. The molecule has 7 aliphatic heterocycles. The lowest BCUT2D eigenvalue weighted by Crippen LogP contribution is -2.65. The number of phenols is 3. The summed E-state index contributed by atoms with van der Waals surface area (Å²) in [5.74, 6) is -16.3. The number of aliphatic hydroxyl groups excluding tert-OH is 7. The van der Waals surface area contributed by atoms with Gasteiger partial charge in [0.25, 0.3) is 5.91 Å². The number of halogens is 4. The molecule has 14 rings (SSSR count). The van der Waals surface area contributed by atoms with Crippen LogP contribution in [0.5, 0.6) is 46.0 Å². The molecular weight excluding hydrogens is 1750 g/mol. The zero-order valence-electron chi connectivity index (χ0n) is 68.1. The van der Waals surface area contributed by atoms with Gasteiger partial charge in [-0.15, -0.1) is 0 Å². The summed E-state index contributed by atoms with van der Waals surface area (Å²) in [6, 6.07) is 5.50. The number of amides is 9. The molecule has 8 heterocycles. The number of aliphatic hydroxyl groups is 7. The molecule has 9 amide bonds. The Morgan fingerprint density at radius 3 is 2.00 bits per heavy atom. The zero-order valence-corrected chi connectivity index (χ0v) is 71.1. The number of fused-ring (bicyclic) bond motifs is 15. The van der Waals surface area contributed by atoms with Crippen LogP contribution in [-0.2, 0) is 63.9 Å². The first-order valence-electron chi connectivity index (χ1n) is 39.7. The SMILES string of the molecule is CNC(CC(C)C)C(=O)NC1C(=O)NC(CC(N)=O)C(=O)NC2C(=O)NC3C(=O)NC(C(=O)NC(C(=O)NNCCO)c4cc(O)cc(O)c4-c4cc3ccc4O)C(O)c3ccc(c(Cl)c3)Oc3cc2cc(c3OC2OC(CO)C(O)C(O)C2OC2CC(C)(NCCn3ccc(NC(=O)/C=C/c4ccc(Cl)c(Cl)c4)nc3=O)C(O)C(C)O2)Oc2ccc(cc2Cl)C1O. The maximum absolute atomic E-state index is 16.3. The van der Waals surface area contributed by atoms with Crippen molar-refractivity contribution in [1.29, 1.82) is 0 Å². The van der Waals surface area contributed by atoms with E-state index in [9.17, 15) is 75.0 Å². The van der Waals surface area contributed by atoms with Gasteiger partial charge < -0.3 is 133 Å². The molecule has 44 heteroatoms. The minimum atomic E-state index is -2.40. The molecule has 18 atom stereocenters. The average molecular weight is 1840 g/mol. The third kappa shape index (κ3) is 21.9. The van der Waals surface area contributed by atoms with Crippen LogP contribution < -0.4 is 84.3 Å². The number of ether oxygens (including phenoxy) is 6. The van der Waals surface area contributed by atoms with Crippen LogP contribution in [0, 0.1) is 5.92 Å². The molecule has 6 aromatic carbocycles. The number of carbonyl (C=O) groups is 9. The summed E-state index contributed by atoms with van der Waals surface area (Å²) in [4.78, 5) is 150. The number of nitrogens with zero attached hydrogens (tertiary/aromatic N) is 2. The first-order chi connectivity index (χ1) is 60.3. The number of primary amides is 1. The van der Waals surface area contributed by atoms with Gasteiger partial charge in [0.15, 0.2) is 23.9 Å². The van der Waals surface area contributed by atoms with E-state index in [1.54, 1.807) is 25.1 Å². The van der Waals surface area contributed by atoms with Crippen LogP contribution >= 0.6 is 46.4 Å². The predicted octanol–water partition coefficient (Wildman–Crippen LogP) is 1.48. The number of aromatic hydroxyl groups is 3. The lowest BCUT2D eigenvalue weighted by molar-refractivity contribution is -0.334. The first kappa shape index (κ1) is 94.7. The van der Waals surface area contributed by atoms with Gasteiger partial charge in [-0.05, 0) is 145 Å². The van der Waals surface area contributed by atoms with Crippen LogP contribution in [0.4, 0.5) is 5.82 Å². The average Bonchev–Trinajstić information content (AvgIpc) is 0.758. The van der Waals surface area contributed by atoms with Crippen LogP contribution in [0.2, 0.25) is 20.1 Å². The number of aromatic nitrogens is 2. The molecule has 11 bridgehead atoms. The highest BCUT2D eigenvalue weighted by molar-refractivity contribution is 6.42. The van der Waals surface area contributed by atoms with Gasteiger partial charge in [0.05, 0.1) is 58.0 Å². The minimum absolute atomic E-state index is 0.0482. The number of rotatable bonds is 23. The molecule has 127 heavy (non-hydrogen) atoms. The van der Waals surface area contributed by atoms with Gasteiger partial charge in [0, 0.05) is 61.1 Å². The maximum Gasteiger partial charge on any atom is 0.349 e. The zero-order chi connectivity index (χ0) is 91.9. The molecule has 7 aromatic rings. The number of hydrogen-bond acceptors (Lipinski definition) is 30. The van der Waals surface area contributed by atoms with Gasteiger partial charge in [-0.25, -0.2) is 10.2 Å². The molecule has 0 radical (unpaired) electrons. The Morgan fingerprint density at radius 2 is 1.36 bits per heavy atom. The Hall–Kier alpha value is -11.4. The Balaban J connectivity index is 0.993. The second kappa shape index (κ2) is 40.7. The summed E-state index contributed by atoms with van der Waals surface area (Å²) in [6.45, 7) is 4.74. The van der Waals surface area contributed by atoms with Gasteiger partial charge in [-0.1, -0.05) is 84.5 Å². The van der Waals surface area contributed by atoms with Crippen LogP contribution in [0.15, 0.2) is 120 Å². The number of phenolic OH excluding ortho intramolecular Hbond substituents is 3. The lowest BCUT2D eigenvalue weighted by atomic mass is 9.85. The fourth-order valence-electron chi connectivity index (χ4n) is 15.0. The van der Waals surface area contributed by atoms with Gasteiger partial charge in [0.1, 0.15) is 101 Å². The third-order valence-electron chi connectivity index (χ3n) is 21.6. The van der Waals surface area contributed by atoms with E-state index in [4.69, 9.17) is 80.6 Å². The van der Waals surface area contributed by atoms with Gasteiger partial charge in [-0.3, -0.25) is 53.1 Å². The molecular formula is C83H92Cl4N14O26. The number of likely N-dealkylation sites (N-methyl/N-ethyl adjacent to an activating group) is 1. The van der Waals surface area contributed by atoms with E-state index in [1.807, 2.05) is 13.8 Å². The standard InChI is InChI=1S/C83H92Cl4N14O26/c1-34(2)22-48(89-5)74(114)98-65-67(109)38-9-13-52(46(86)25-38)123-54-27-40-28-55(71(54)127-81-72(70(112)69(111)56(33-103)125-81)126-60-32-83(4,73(113)35(3)122-60)90-17-20-101-19-16-58(94-82(101)121)93-59(108)15-7-36-6-11-44(84)45(85)23-36)124-53-14-10-39(26-47(53)87)68(110)66-79(119)97-64(80(120)100-91-18-21-102)43-29-41(104)30-51(106)61(43)42-24-37(8-12-50(42)105)62(76(116)99-66)96-77(117)63(40)95-75(115)49(31-57(88)107)92-78(65)118/h6-16,19,23-30,34-35,48-49,56,60,62-70,72-73,81,89-91,102-106,109-113H,17-18,20-22,31-33H2,1-5H3,(H2,88,107)(H,92,118)(H,95,115)(H,96,117)(H,97,119)(H,98,114)(H,99,116)(H,100,120)(H,93,94,108,121)/b15-7+. The fourth-order valence-corrected chi connectivity index (χ4v) is 15.8. The molecule has 1 aromatic heterocycles. The number of nitrogens with one attached hydrogen (secondary N) is 11. The third-order valence-corrected chi connectivity index (χ3v) is 22.9. The summed E-state index contributed by atoms with van der Waals surface area (Å²) in [6.07, 6.45) is -15.6. The quantitative estimate of drug-likeness (QED) is 0.0245. The Morgan fingerprint density at radius 1 is 0.701 bits per heavy atom. The molecule has 2 saturated heterocycles. The summed E-state index contributed by atoms with van der Waals surface area (Å²) < 4.78 is 40.6. The summed E-state index contributed by atoms with van der Waals surface area (Å²) >= 11 is 26.5. The van der Waals surface area contributed by atoms with Crippen molar-refractivity contribution in [3.05, 3.63) is 179 Å². The highest BCUT2D eigenvalue weighted by Gasteiger charge is 2.52. The highest BCUT2D eigenvalue weighted by Crippen LogP contribution is 2.50. The van der Waals surface area contributed by atoms with E-state index in [-0.39, 0.29) is 71.7 Å². The van der Waals surface area contributed by atoms with E-state index >= 15 is 24.0 Å². The van der Waals surface area contributed by atoms with Crippen LogP contribution in [-0.4, -0.2) is 226 Å². The van der Waals surface area contributed by atoms with E-state index in [0.29, 0.717) is 10.6 Å². The van der Waals surface area contributed by atoms with Crippen molar-refractivity contribution in [2.75, 3.05) is 38.7 Å². The smallest absolute Gasteiger partial charge is 0.349 e. The largest absolute Gasteiger partial charge is 0.508 e. The second-order valence-corrected chi connectivity index (χ2v) is 32.8. The van der Waals surface area contributed by atoms with Crippen LogP contribution in [0.3, 0.4) is 0 Å². The second-order valence-electron chi connectivity index (χ2n) is 31.1. The van der Waals surface area contributed by atoms with Crippen molar-refractivity contribution < 1.29 is 123 Å². The molecule has 7 aliphatic rings. The lowest BCUT2D eigenvalue weighted by Gasteiger charge is -2.48. The minimum Gasteiger partial charge on any atom is -0.508 e. The summed E-state index contributed by atoms with van der Waals surface area (Å²) in [5, 5.41) is 140. The number of hydrogen-bond donors (Lipinski definition) is 22. The van der Waals surface area contributed by atoms with Crippen molar-refractivity contribution >= 4 is 111 Å². The molecule has 0 saturated carbocycles. The molecule has 18 unspecified atom stereocenters. The van der Waals surface area contributed by atoms with Crippen molar-refractivity contribution in [2.45, 2.75) is 163 Å². The molecule has 0 aliphatic carbocycles. The van der Waals surface area contributed by atoms with Crippen molar-refractivity contribution in [3.8, 4) is 57.1 Å². The molecule has 40 nitrogen and oxygen atoms in total.